The van der Waals surface area contributed by atoms with Crippen molar-refractivity contribution in [2.24, 2.45) is 0 Å². The average molecular weight is 381 g/mol. The van der Waals surface area contributed by atoms with Crippen molar-refractivity contribution < 1.29 is 9.59 Å². The molecule has 0 spiro atoms. The van der Waals surface area contributed by atoms with Crippen LogP contribution in [-0.2, 0) is 16.0 Å². The minimum atomic E-state index is -0.431. The highest BCUT2D eigenvalue weighted by molar-refractivity contribution is 5.84. The quantitative estimate of drug-likeness (QED) is 0.562. The third-order valence-corrected chi connectivity index (χ3v) is 4.37. The van der Waals surface area contributed by atoms with E-state index >= 15 is 0 Å². The second kappa shape index (κ2) is 9.37. The lowest BCUT2D eigenvalue weighted by atomic mass is 9.99. The summed E-state index contributed by atoms with van der Waals surface area (Å²) < 4.78 is 0. The maximum atomic E-state index is 12.0. The van der Waals surface area contributed by atoms with Crippen molar-refractivity contribution in [1.82, 2.24) is 15.8 Å². The molecule has 28 heavy (non-hydrogen) atoms. The van der Waals surface area contributed by atoms with Gasteiger partial charge in [0.25, 0.3) is 11.5 Å². The van der Waals surface area contributed by atoms with Crippen LogP contribution in [0.5, 0.6) is 0 Å². The van der Waals surface area contributed by atoms with Crippen molar-refractivity contribution in [3.05, 3.63) is 62.6 Å². The van der Waals surface area contributed by atoms with Crippen LogP contribution in [0.2, 0.25) is 0 Å². The van der Waals surface area contributed by atoms with Gasteiger partial charge in [-0.2, -0.15) is 5.26 Å². The molecule has 2 amide bonds. The van der Waals surface area contributed by atoms with E-state index in [4.69, 9.17) is 5.26 Å². The number of H-pyrrole nitrogens is 1. The zero-order valence-corrected chi connectivity index (χ0v) is 16.1. The maximum absolute atomic E-state index is 12.0. The van der Waals surface area contributed by atoms with Gasteiger partial charge in [-0.25, -0.2) is 0 Å². The number of anilines is 1. The fourth-order valence-corrected chi connectivity index (χ4v) is 2.76. The molecule has 4 N–H and O–H groups in total. The molecule has 0 aliphatic carbocycles. The van der Waals surface area contributed by atoms with Crippen LogP contribution in [-0.4, -0.2) is 23.3 Å². The third-order valence-electron chi connectivity index (χ3n) is 4.37. The standard InChI is InChI=1S/C20H23N5O3/c1-12-4-6-15(7-5-12)22-11-19(27)25-24-18(26)9-8-16-13(2)17(10-21)20(28)23-14(16)3/h4-7,22H,8-9,11H2,1-3H3,(H,23,28)(H,24,26)(H,25,27). The lowest BCUT2D eigenvalue weighted by Crippen LogP contribution is -2.44. The van der Waals surface area contributed by atoms with Crippen molar-refractivity contribution in [1.29, 1.82) is 5.26 Å². The number of aromatic nitrogens is 1. The van der Waals surface area contributed by atoms with Gasteiger partial charge in [0.05, 0.1) is 6.54 Å². The van der Waals surface area contributed by atoms with Gasteiger partial charge in [-0.1, -0.05) is 17.7 Å². The van der Waals surface area contributed by atoms with Gasteiger partial charge in [-0.05, 0) is 50.5 Å². The van der Waals surface area contributed by atoms with Crippen molar-refractivity contribution in [2.75, 3.05) is 11.9 Å². The van der Waals surface area contributed by atoms with Gasteiger partial charge in [-0.3, -0.25) is 25.2 Å². The second-order valence-electron chi connectivity index (χ2n) is 6.49. The minimum absolute atomic E-state index is 0.0208. The first-order valence-electron chi connectivity index (χ1n) is 8.82. The van der Waals surface area contributed by atoms with Crippen LogP contribution in [0.25, 0.3) is 0 Å². The van der Waals surface area contributed by atoms with Crippen molar-refractivity contribution in [3.8, 4) is 6.07 Å². The molecule has 8 nitrogen and oxygen atoms in total. The summed E-state index contributed by atoms with van der Waals surface area (Å²) in [7, 11) is 0. The van der Waals surface area contributed by atoms with Gasteiger partial charge in [-0.15, -0.1) is 0 Å². The summed E-state index contributed by atoms with van der Waals surface area (Å²) in [4.78, 5) is 38.2. The Labute approximate surface area is 162 Å². The fraction of sp³-hybridized carbons (Fsp3) is 0.300. The number of carbonyl (C=O) groups excluding carboxylic acids is 2. The smallest absolute Gasteiger partial charge is 0.266 e. The summed E-state index contributed by atoms with van der Waals surface area (Å²) in [6, 6.07) is 9.48. The minimum Gasteiger partial charge on any atom is -0.376 e. The van der Waals surface area contributed by atoms with Crippen LogP contribution >= 0.6 is 0 Å². The van der Waals surface area contributed by atoms with Gasteiger partial charge >= 0.3 is 0 Å². The number of hydrogen-bond acceptors (Lipinski definition) is 5. The van der Waals surface area contributed by atoms with Crippen LogP contribution in [0.4, 0.5) is 5.69 Å². The Morgan fingerprint density at radius 3 is 2.36 bits per heavy atom. The van der Waals surface area contributed by atoms with E-state index in [-0.39, 0.29) is 30.3 Å². The Hall–Kier alpha value is -3.60. The number of hydrazine groups is 1. The predicted octanol–water partition coefficient (Wildman–Crippen LogP) is 1.36. The lowest BCUT2D eigenvalue weighted by Gasteiger charge is -2.12. The molecule has 0 atom stereocenters. The maximum Gasteiger partial charge on any atom is 0.266 e. The molecule has 0 saturated carbocycles. The monoisotopic (exact) mass is 381 g/mol. The predicted molar refractivity (Wildman–Crippen MR) is 106 cm³/mol. The SMILES string of the molecule is Cc1ccc(NCC(=O)NNC(=O)CCc2c(C)[nH]c(=O)c(C#N)c2C)cc1. The number of pyridine rings is 1. The van der Waals surface area contributed by atoms with E-state index in [2.05, 4.69) is 21.2 Å². The van der Waals surface area contributed by atoms with Gasteiger partial charge in [0.15, 0.2) is 0 Å². The molecule has 0 aliphatic heterocycles. The van der Waals surface area contributed by atoms with Crippen LogP contribution in [0.1, 0.15) is 34.4 Å². The van der Waals surface area contributed by atoms with E-state index in [1.807, 2.05) is 37.3 Å². The number of nitrogens with one attached hydrogen (secondary N) is 4. The Morgan fingerprint density at radius 2 is 1.71 bits per heavy atom. The molecule has 0 saturated heterocycles. The second-order valence-corrected chi connectivity index (χ2v) is 6.49. The largest absolute Gasteiger partial charge is 0.376 e. The number of aryl methyl sites for hydroxylation is 2. The van der Waals surface area contributed by atoms with Crippen LogP contribution in [0.3, 0.4) is 0 Å². The molecule has 2 aromatic rings. The summed E-state index contributed by atoms with van der Waals surface area (Å²) in [5.74, 6) is -0.746. The molecule has 8 heteroatoms. The number of amides is 2. The van der Waals surface area contributed by atoms with Gasteiger partial charge in [0, 0.05) is 17.8 Å². The van der Waals surface area contributed by atoms with E-state index < -0.39 is 5.56 Å². The summed E-state index contributed by atoms with van der Waals surface area (Å²) in [6.45, 7) is 5.41. The Balaban J connectivity index is 1.81. The summed E-state index contributed by atoms with van der Waals surface area (Å²) >= 11 is 0. The fourth-order valence-electron chi connectivity index (χ4n) is 2.76. The zero-order valence-electron chi connectivity index (χ0n) is 16.1. The number of aromatic amines is 1. The molecule has 0 radical (unpaired) electrons. The molecule has 146 valence electrons. The number of nitrogens with zero attached hydrogens (tertiary/aromatic N) is 1. The number of hydrogen-bond donors (Lipinski definition) is 4. The molecule has 0 unspecified atom stereocenters. The highest BCUT2D eigenvalue weighted by Crippen LogP contribution is 2.14. The Morgan fingerprint density at radius 1 is 1.07 bits per heavy atom. The highest BCUT2D eigenvalue weighted by atomic mass is 16.2. The molecule has 1 aromatic carbocycles. The topological polar surface area (TPSA) is 127 Å². The molecular weight excluding hydrogens is 358 g/mol. The molecule has 0 fully saturated rings. The average Bonchev–Trinajstić information content (AvgIpc) is 2.65. The van der Waals surface area contributed by atoms with E-state index in [0.717, 1.165) is 16.8 Å². The normalized spacial score (nSPS) is 10.1. The highest BCUT2D eigenvalue weighted by Gasteiger charge is 2.13. The first-order valence-corrected chi connectivity index (χ1v) is 8.82. The van der Waals surface area contributed by atoms with Crippen molar-refractivity contribution in [2.45, 2.75) is 33.6 Å². The summed E-state index contributed by atoms with van der Waals surface area (Å²) in [5, 5.41) is 12.0. The third kappa shape index (κ3) is 5.45. The number of carbonyl (C=O) groups is 2. The van der Waals surface area contributed by atoms with Gasteiger partial charge < -0.3 is 10.3 Å². The van der Waals surface area contributed by atoms with Crippen LogP contribution < -0.4 is 21.7 Å². The molecule has 0 aliphatic rings. The number of benzene rings is 1. The zero-order chi connectivity index (χ0) is 20.7. The van der Waals surface area contributed by atoms with Gasteiger partial charge in [0.2, 0.25) is 5.91 Å². The first-order chi connectivity index (χ1) is 13.3. The summed E-state index contributed by atoms with van der Waals surface area (Å²) in [6.07, 6.45) is 0.441. The van der Waals surface area contributed by atoms with E-state index in [0.29, 0.717) is 17.7 Å². The molecule has 1 heterocycles. The van der Waals surface area contributed by atoms with E-state index in [1.165, 1.54) is 0 Å². The lowest BCUT2D eigenvalue weighted by molar-refractivity contribution is -0.128. The summed E-state index contributed by atoms with van der Waals surface area (Å²) in [5.41, 5.74) is 8.21. The van der Waals surface area contributed by atoms with E-state index in [9.17, 15) is 14.4 Å². The van der Waals surface area contributed by atoms with E-state index in [1.54, 1.807) is 13.8 Å². The molecule has 2 rings (SSSR count). The molecule has 1 aromatic heterocycles. The van der Waals surface area contributed by atoms with Crippen LogP contribution in [0.15, 0.2) is 29.1 Å². The first kappa shape index (κ1) is 20.7. The Kier molecular flexibility index (Phi) is 6.93. The van der Waals surface area contributed by atoms with Crippen molar-refractivity contribution in [3.63, 3.8) is 0 Å². The molecule has 0 bridgehead atoms. The molecular formula is C20H23N5O3. The van der Waals surface area contributed by atoms with Crippen LogP contribution in [0, 0.1) is 32.1 Å². The Bertz CT molecular complexity index is 971. The number of nitriles is 1. The van der Waals surface area contributed by atoms with Crippen molar-refractivity contribution >= 4 is 17.5 Å². The number of rotatable bonds is 6. The van der Waals surface area contributed by atoms with Gasteiger partial charge in [0.1, 0.15) is 11.6 Å².